The number of anilines is 1. The molecular weight excluding hydrogens is 242 g/mol. The number of para-hydroxylation sites is 2. The van der Waals surface area contributed by atoms with Gasteiger partial charge in [-0.05, 0) is 24.3 Å². The molecule has 0 aliphatic rings. The van der Waals surface area contributed by atoms with Crippen molar-refractivity contribution in [3.8, 4) is 0 Å². The lowest BCUT2D eigenvalue weighted by atomic mass is 10.3. The summed E-state index contributed by atoms with van der Waals surface area (Å²) < 4.78 is 0. The maximum Gasteiger partial charge on any atom is 0.157 e. The Labute approximate surface area is 109 Å². The van der Waals surface area contributed by atoms with Crippen molar-refractivity contribution in [1.29, 1.82) is 0 Å². The van der Waals surface area contributed by atoms with Crippen LogP contribution in [0.3, 0.4) is 0 Å². The number of hydrogen-bond donors (Lipinski definition) is 1. The first-order valence-electron chi connectivity index (χ1n) is 5.58. The van der Waals surface area contributed by atoms with Crippen LogP contribution < -0.4 is 5.73 Å². The summed E-state index contributed by atoms with van der Waals surface area (Å²) in [6.07, 6.45) is 0. The van der Waals surface area contributed by atoms with Gasteiger partial charge in [-0.1, -0.05) is 42.1 Å². The predicted octanol–water partition coefficient (Wildman–Crippen LogP) is 3.36. The standard InChI is InChI=1S/C14H11N3S/c15-13-14(18-10-6-2-1-3-7-10)17-12-9-5-4-8-11(12)16-13/h1-9H,(H2,15,16). The molecule has 88 valence electrons. The van der Waals surface area contributed by atoms with E-state index in [9.17, 15) is 0 Å². The molecule has 2 N–H and O–H groups in total. The normalized spacial score (nSPS) is 10.7. The van der Waals surface area contributed by atoms with E-state index in [1.54, 1.807) is 0 Å². The number of fused-ring (bicyclic) bond motifs is 1. The van der Waals surface area contributed by atoms with E-state index >= 15 is 0 Å². The van der Waals surface area contributed by atoms with Crippen LogP contribution in [0.15, 0.2) is 64.5 Å². The van der Waals surface area contributed by atoms with Crippen molar-refractivity contribution in [1.82, 2.24) is 9.97 Å². The third-order valence-corrected chi connectivity index (χ3v) is 3.52. The molecule has 0 radical (unpaired) electrons. The predicted molar refractivity (Wildman–Crippen MR) is 74.5 cm³/mol. The molecule has 0 saturated carbocycles. The van der Waals surface area contributed by atoms with Crippen LogP contribution in [-0.2, 0) is 0 Å². The number of hydrogen-bond acceptors (Lipinski definition) is 4. The SMILES string of the molecule is Nc1nc2ccccc2nc1Sc1ccccc1. The highest BCUT2D eigenvalue weighted by Crippen LogP contribution is 2.30. The Hall–Kier alpha value is -2.07. The molecule has 0 bridgehead atoms. The van der Waals surface area contributed by atoms with E-state index in [4.69, 9.17) is 5.73 Å². The first-order chi connectivity index (χ1) is 8.83. The van der Waals surface area contributed by atoms with Crippen molar-refractivity contribution in [2.75, 3.05) is 5.73 Å². The van der Waals surface area contributed by atoms with Crippen LogP contribution in [0, 0.1) is 0 Å². The molecule has 0 unspecified atom stereocenters. The van der Waals surface area contributed by atoms with E-state index in [0.717, 1.165) is 21.0 Å². The van der Waals surface area contributed by atoms with Crippen LogP contribution in [0.4, 0.5) is 5.82 Å². The van der Waals surface area contributed by atoms with E-state index < -0.39 is 0 Å². The fraction of sp³-hybridized carbons (Fsp3) is 0. The van der Waals surface area contributed by atoms with Gasteiger partial charge in [-0.2, -0.15) is 0 Å². The second-order valence-corrected chi connectivity index (χ2v) is 4.88. The Kier molecular flexibility index (Phi) is 2.86. The first kappa shape index (κ1) is 11.0. The third kappa shape index (κ3) is 2.15. The lowest BCUT2D eigenvalue weighted by molar-refractivity contribution is 1.13. The van der Waals surface area contributed by atoms with Gasteiger partial charge in [-0.15, -0.1) is 0 Å². The van der Waals surface area contributed by atoms with Crippen molar-refractivity contribution >= 4 is 28.6 Å². The molecule has 3 rings (SSSR count). The Morgan fingerprint density at radius 2 is 1.39 bits per heavy atom. The zero-order valence-electron chi connectivity index (χ0n) is 9.58. The van der Waals surface area contributed by atoms with E-state index in [1.807, 2.05) is 54.6 Å². The van der Waals surface area contributed by atoms with Crippen LogP contribution in [0.25, 0.3) is 11.0 Å². The number of rotatable bonds is 2. The number of nitrogens with zero attached hydrogens (tertiary/aromatic N) is 2. The van der Waals surface area contributed by atoms with Gasteiger partial charge in [-0.3, -0.25) is 0 Å². The molecule has 3 nitrogen and oxygen atoms in total. The van der Waals surface area contributed by atoms with Gasteiger partial charge in [0.2, 0.25) is 0 Å². The van der Waals surface area contributed by atoms with Crippen LogP contribution >= 0.6 is 11.8 Å². The molecule has 2 aromatic carbocycles. The molecular formula is C14H11N3S. The smallest absolute Gasteiger partial charge is 0.157 e. The van der Waals surface area contributed by atoms with Crippen molar-refractivity contribution in [2.24, 2.45) is 0 Å². The van der Waals surface area contributed by atoms with Gasteiger partial charge in [-0.25, -0.2) is 9.97 Å². The molecule has 18 heavy (non-hydrogen) atoms. The average molecular weight is 253 g/mol. The maximum absolute atomic E-state index is 5.94. The van der Waals surface area contributed by atoms with Crippen LogP contribution in [0.5, 0.6) is 0 Å². The lowest BCUT2D eigenvalue weighted by Crippen LogP contribution is -1.97. The summed E-state index contributed by atoms with van der Waals surface area (Å²) in [4.78, 5) is 10.0. The fourth-order valence-electron chi connectivity index (χ4n) is 1.67. The topological polar surface area (TPSA) is 51.8 Å². The summed E-state index contributed by atoms with van der Waals surface area (Å²) in [6.45, 7) is 0. The summed E-state index contributed by atoms with van der Waals surface area (Å²) >= 11 is 1.53. The Balaban J connectivity index is 2.04. The summed E-state index contributed by atoms with van der Waals surface area (Å²) in [5.41, 5.74) is 7.63. The van der Waals surface area contributed by atoms with Crippen LogP contribution in [0.2, 0.25) is 0 Å². The molecule has 1 aromatic heterocycles. The molecule has 4 heteroatoms. The Morgan fingerprint density at radius 3 is 2.11 bits per heavy atom. The van der Waals surface area contributed by atoms with E-state index in [-0.39, 0.29) is 0 Å². The van der Waals surface area contributed by atoms with Gasteiger partial charge < -0.3 is 5.73 Å². The third-order valence-electron chi connectivity index (χ3n) is 2.52. The summed E-state index contributed by atoms with van der Waals surface area (Å²) in [5.74, 6) is 0.475. The second kappa shape index (κ2) is 4.66. The van der Waals surface area contributed by atoms with Gasteiger partial charge in [0, 0.05) is 4.90 Å². The maximum atomic E-state index is 5.94. The van der Waals surface area contributed by atoms with Crippen LogP contribution in [0.1, 0.15) is 0 Å². The van der Waals surface area contributed by atoms with Crippen LogP contribution in [-0.4, -0.2) is 9.97 Å². The molecule has 3 aromatic rings. The summed E-state index contributed by atoms with van der Waals surface area (Å²) in [5, 5.41) is 0.750. The highest BCUT2D eigenvalue weighted by Gasteiger charge is 2.07. The molecule has 0 spiro atoms. The molecule has 0 aliphatic heterocycles. The Bertz CT molecular complexity index is 683. The Morgan fingerprint density at radius 1 is 0.778 bits per heavy atom. The second-order valence-electron chi connectivity index (χ2n) is 3.82. The number of nitrogens with two attached hydrogens (primary N) is 1. The van der Waals surface area contributed by atoms with Gasteiger partial charge in [0.25, 0.3) is 0 Å². The minimum atomic E-state index is 0.475. The monoisotopic (exact) mass is 253 g/mol. The molecule has 0 aliphatic carbocycles. The zero-order valence-corrected chi connectivity index (χ0v) is 10.4. The van der Waals surface area contributed by atoms with E-state index in [1.165, 1.54) is 11.8 Å². The highest BCUT2D eigenvalue weighted by molar-refractivity contribution is 7.99. The van der Waals surface area contributed by atoms with Crippen molar-refractivity contribution < 1.29 is 0 Å². The van der Waals surface area contributed by atoms with Gasteiger partial charge in [0.15, 0.2) is 5.82 Å². The molecule has 1 heterocycles. The fourth-order valence-corrected chi connectivity index (χ4v) is 2.48. The van der Waals surface area contributed by atoms with Gasteiger partial charge >= 0.3 is 0 Å². The van der Waals surface area contributed by atoms with Gasteiger partial charge in [0.1, 0.15) is 5.03 Å². The first-order valence-corrected chi connectivity index (χ1v) is 6.40. The van der Waals surface area contributed by atoms with E-state index in [2.05, 4.69) is 9.97 Å². The molecule has 0 atom stereocenters. The summed E-state index contributed by atoms with van der Waals surface area (Å²) in [7, 11) is 0. The van der Waals surface area contributed by atoms with Crippen molar-refractivity contribution in [2.45, 2.75) is 9.92 Å². The molecule has 0 saturated heterocycles. The minimum absolute atomic E-state index is 0.475. The van der Waals surface area contributed by atoms with E-state index in [0.29, 0.717) is 5.82 Å². The number of nitrogen functional groups attached to an aromatic ring is 1. The highest BCUT2D eigenvalue weighted by atomic mass is 32.2. The molecule has 0 amide bonds. The van der Waals surface area contributed by atoms with Crippen molar-refractivity contribution in [3.63, 3.8) is 0 Å². The lowest BCUT2D eigenvalue weighted by Gasteiger charge is -2.05. The average Bonchev–Trinajstić information content (AvgIpc) is 2.41. The van der Waals surface area contributed by atoms with Crippen molar-refractivity contribution in [3.05, 3.63) is 54.6 Å². The quantitative estimate of drug-likeness (QED) is 0.760. The molecule has 0 fully saturated rings. The summed E-state index contributed by atoms with van der Waals surface area (Å²) in [6, 6.07) is 17.8. The largest absolute Gasteiger partial charge is 0.381 e. The number of aromatic nitrogens is 2. The zero-order chi connectivity index (χ0) is 12.4. The minimum Gasteiger partial charge on any atom is -0.381 e. The number of benzene rings is 2. The van der Waals surface area contributed by atoms with Gasteiger partial charge in [0.05, 0.1) is 11.0 Å².